The summed E-state index contributed by atoms with van der Waals surface area (Å²) in [6.07, 6.45) is 8.97. The van der Waals surface area contributed by atoms with E-state index in [1.165, 1.54) is 17.7 Å². The largest absolute Gasteiger partial charge is 0.497 e. The predicted molar refractivity (Wildman–Crippen MR) is 119 cm³/mol. The molecule has 0 saturated heterocycles. The summed E-state index contributed by atoms with van der Waals surface area (Å²) in [6, 6.07) is 6.02. The fourth-order valence-corrected chi connectivity index (χ4v) is 4.28. The predicted octanol–water partition coefficient (Wildman–Crippen LogP) is 3.94. The zero-order valence-electron chi connectivity index (χ0n) is 17.7. The molecule has 0 unspecified atom stereocenters. The summed E-state index contributed by atoms with van der Waals surface area (Å²) in [5.41, 5.74) is 1.10. The second-order valence-electron chi connectivity index (χ2n) is 7.17. The average molecular weight is 417 g/mol. The van der Waals surface area contributed by atoms with Gasteiger partial charge in [-0.1, -0.05) is 6.92 Å². The lowest BCUT2D eigenvalue weighted by Gasteiger charge is -2.18. The number of thiazole rings is 1. The van der Waals surface area contributed by atoms with Gasteiger partial charge in [-0.25, -0.2) is 4.98 Å². The van der Waals surface area contributed by atoms with Crippen LogP contribution in [-0.2, 0) is 19.4 Å². The number of methoxy groups -OCH3 is 1. The van der Waals surface area contributed by atoms with Crippen LogP contribution in [0.15, 0.2) is 29.4 Å². The Labute approximate surface area is 177 Å². The molecule has 29 heavy (non-hydrogen) atoms. The van der Waals surface area contributed by atoms with Crippen LogP contribution in [0.1, 0.15) is 48.1 Å². The zero-order valence-corrected chi connectivity index (χ0v) is 18.5. The minimum absolute atomic E-state index is 0.310. The van der Waals surface area contributed by atoms with Gasteiger partial charge in [0.15, 0.2) is 5.96 Å². The van der Waals surface area contributed by atoms with Gasteiger partial charge in [-0.3, -0.25) is 4.99 Å². The van der Waals surface area contributed by atoms with Crippen LogP contribution in [0.4, 0.5) is 0 Å². The molecule has 2 aromatic rings. The number of ether oxygens (including phenoxy) is 2. The summed E-state index contributed by atoms with van der Waals surface area (Å²) in [6.45, 7) is 3.60. The first-order chi connectivity index (χ1) is 14.2. The molecule has 1 aliphatic rings. The number of aliphatic imine (C=N–C) groups is 1. The molecule has 1 aromatic heterocycles. The van der Waals surface area contributed by atoms with Crippen LogP contribution in [-0.4, -0.2) is 37.7 Å². The van der Waals surface area contributed by atoms with Gasteiger partial charge in [0.25, 0.3) is 0 Å². The van der Waals surface area contributed by atoms with Crippen molar-refractivity contribution < 1.29 is 9.47 Å². The van der Waals surface area contributed by atoms with Crippen LogP contribution in [0.25, 0.3) is 0 Å². The lowest BCUT2D eigenvalue weighted by Crippen LogP contribution is -2.38. The number of nitrogens with zero attached hydrogens (tertiary/aromatic N) is 2. The molecule has 7 heteroatoms. The van der Waals surface area contributed by atoms with Crippen molar-refractivity contribution in [3.8, 4) is 11.5 Å². The quantitative estimate of drug-likeness (QED) is 0.479. The highest BCUT2D eigenvalue weighted by molar-refractivity contribution is 7.11. The van der Waals surface area contributed by atoms with Crippen molar-refractivity contribution in [3.63, 3.8) is 0 Å². The number of aromatic nitrogens is 1. The second kappa shape index (κ2) is 11.0. The third-order valence-corrected chi connectivity index (χ3v) is 6.32. The van der Waals surface area contributed by atoms with Crippen molar-refractivity contribution in [2.24, 2.45) is 4.99 Å². The third kappa shape index (κ3) is 6.35. The van der Waals surface area contributed by atoms with Gasteiger partial charge in [0.2, 0.25) is 0 Å². The van der Waals surface area contributed by atoms with Crippen LogP contribution in [0.3, 0.4) is 0 Å². The SMILES string of the molecule is CCc1cnc(CCNC(=NC)NCc2ccc(OC)cc2OC2CCCC2)s1. The molecular weight excluding hydrogens is 384 g/mol. The highest BCUT2D eigenvalue weighted by atomic mass is 32.1. The molecule has 0 spiro atoms. The molecule has 1 aliphatic carbocycles. The van der Waals surface area contributed by atoms with Crippen molar-refractivity contribution in [2.45, 2.75) is 58.1 Å². The summed E-state index contributed by atoms with van der Waals surface area (Å²) in [4.78, 5) is 10.1. The third-order valence-electron chi connectivity index (χ3n) is 5.12. The van der Waals surface area contributed by atoms with E-state index in [-0.39, 0.29) is 0 Å². The van der Waals surface area contributed by atoms with Crippen LogP contribution < -0.4 is 20.1 Å². The Bertz CT molecular complexity index is 800. The highest BCUT2D eigenvalue weighted by Crippen LogP contribution is 2.30. The Morgan fingerprint density at radius 1 is 1.28 bits per heavy atom. The average Bonchev–Trinajstić information content (AvgIpc) is 3.43. The molecule has 0 aliphatic heterocycles. The fourth-order valence-electron chi connectivity index (χ4n) is 3.42. The second-order valence-corrected chi connectivity index (χ2v) is 8.37. The Kier molecular flexibility index (Phi) is 8.16. The molecule has 2 N–H and O–H groups in total. The van der Waals surface area contributed by atoms with E-state index in [0.29, 0.717) is 12.6 Å². The summed E-state index contributed by atoms with van der Waals surface area (Å²) < 4.78 is 11.7. The number of nitrogens with one attached hydrogen (secondary N) is 2. The maximum atomic E-state index is 6.28. The van der Waals surface area contributed by atoms with Gasteiger partial charge >= 0.3 is 0 Å². The molecule has 1 fully saturated rings. The van der Waals surface area contributed by atoms with E-state index in [2.05, 4.69) is 33.6 Å². The van der Waals surface area contributed by atoms with Gasteiger partial charge in [-0.05, 0) is 44.2 Å². The Morgan fingerprint density at radius 2 is 2.10 bits per heavy atom. The topological polar surface area (TPSA) is 67.8 Å². The van der Waals surface area contributed by atoms with E-state index < -0.39 is 0 Å². The van der Waals surface area contributed by atoms with Gasteiger partial charge in [0.05, 0.1) is 18.2 Å². The smallest absolute Gasteiger partial charge is 0.191 e. The lowest BCUT2D eigenvalue weighted by molar-refractivity contribution is 0.207. The van der Waals surface area contributed by atoms with Gasteiger partial charge in [-0.2, -0.15) is 0 Å². The molecule has 0 radical (unpaired) electrons. The molecule has 1 aromatic carbocycles. The van der Waals surface area contributed by atoms with Gasteiger partial charge in [-0.15, -0.1) is 11.3 Å². The molecule has 0 amide bonds. The zero-order chi connectivity index (χ0) is 20.5. The number of aryl methyl sites for hydroxylation is 1. The summed E-state index contributed by atoms with van der Waals surface area (Å²) in [7, 11) is 3.47. The minimum Gasteiger partial charge on any atom is -0.497 e. The number of guanidine groups is 1. The van der Waals surface area contributed by atoms with E-state index in [9.17, 15) is 0 Å². The summed E-state index contributed by atoms with van der Waals surface area (Å²) in [5, 5.41) is 7.92. The number of hydrogen-bond donors (Lipinski definition) is 2. The van der Waals surface area contributed by atoms with Crippen LogP contribution in [0.5, 0.6) is 11.5 Å². The number of rotatable bonds is 9. The highest BCUT2D eigenvalue weighted by Gasteiger charge is 2.18. The van der Waals surface area contributed by atoms with Crippen LogP contribution in [0, 0.1) is 0 Å². The van der Waals surface area contributed by atoms with Gasteiger partial charge in [0, 0.05) is 49.3 Å². The Morgan fingerprint density at radius 3 is 2.79 bits per heavy atom. The maximum absolute atomic E-state index is 6.28. The standard InChI is InChI=1S/C22H32N4O2S/c1-4-19-15-25-21(29-19)11-12-24-22(23-2)26-14-16-9-10-18(27-3)13-20(16)28-17-7-5-6-8-17/h9-10,13,15,17H,4-8,11-12,14H2,1-3H3,(H2,23,24,26). The van der Waals surface area contributed by atoms with Crippen molar-refractivity contribution in [2.75, 3.05) is 20.7 Å². The van der Waals surface area contributed by atoms with Crippen LogP contribution in [0.2, 0.25) is 0 Å². The van der Waals surface area contributed by atoms with Crippen LogP contribution >= 0.6 is 11.3 Å². The molecule has 1 heterocycles. The van der Waals surface area contributed by atoms with E-state index in [1.807, 2.05) is 18.3 Å². The van der Waals surface area contributed by atoms with Crippen molar-refractivity contribution in [1.82, 2.24) is 15.6 Å². The summed E-state index contributed by atoms with van der Waals surface area (Å²) >= 11 is 1.78. The molecule has 6 nitrogen and oxygen atoms in total. The first-order valence-electron chi connectivity index (χ1n) is 10.4. The first-order valence-corrected chi connectivity index (χ1v) is 11.2. The molecule has 158 valence electrons. The Hall–Kier alpha value is -2.28. The summed E-state index contributed by atoms with van der Waals surface area (Å²) in [5.74, 6) is 2.49. The fraction of sp³-hybridized carbons (Fsp3) is 0.545. The minimum atomic E-state index is 0.310. The van der Waals surface area contributed by atoms with E-state index in [0.717, 1.165) is 60.3 Å². The van der Waals surface area contributed by atoms with Crippen molar-refractivity contribution >= 4 is 17.3 Å². The molecule has 0 atom stereocenters. The van der Waals surface area contributed by atoms with Gasteiger partial charge in [0.1, 0.15) is 11.5 Å². The lowest BCUT2D eigenvalue weighted by atomic mass is 10.2. The number of benzene rings is 1. The molecular formula is C22H32N4O2S. The van der Waals surface area contributed by atoms with E-state index >= 15 is 0 Å². The normalized spacial score (nSPS) is 14.8. The molecule has 1 saturated carbocycles. The monoisotopic (exact) mass is 416 g/mol. The molecule has 0 bridgehead atoms. The first kappa shape index (κ1) is 21.4. The van der Waals surface area contributed by atoms with E-state index in [4.69, 9.17) is 9.47 Å². The van der Waals surface area contributed by atoms with E-state index in [1.54, 1.807) is 25.5 Å². The maximum Gasteiger partial charge on any atom is 0.191 e. The Balaban J connectivity index is 1.53. The molecule has 3 rings (SSSR count). The number of hydrogen-bond acceptors (Lipinski definition) is 5. The van der Waals surface area contributed by atoms with Crippen molar-refractivity contribution in [3.05, 3.63) is 39.8 Å². The van der Waals surface area contributed by atoms with Gasteiger partial charge < -0.3 is 20.1 Å². The van der Waals surface area contributed by atoms with Crippen molar-refractivity contribution in [1.29, 1.82) is 0 Å².